The maximum atomic E-state index is 12.4. The van der Waals surface area contributed by atoms with Gasteiger partial charge in [0.25, 0.3) is 0 Å². The summed E-state index contributed by atoms with van der Waals surface area (Å²) in [5.74, 6) is -1.06. The third kappa shape index (κ3) is 5.05. The molecule has 174 valence electrons. The summed E-state index contributed by atoms with van der Waals surface area (Å²) < 4.78 is 8.18. The van der Waals surface area contributed by atoms with Crippen LogP contribution in [0.1, 0.15) is 55.8 Å². The predicted molar refractivity (Wildman–Crippen MR) is 132 cm³/mol. The van der Waals surface area contributed by atoms with Crippen molar-refractivity contribution < 1.29 is 14.6 Å². The molecule has 0 amide bonds. The molecule has 0 saturated heterocycles. The quantitative estimate of drug-likeness (QED) is 0.316. The van der Waals surface area contributed by atoms with Crippen molar-refractivity contribution in [2.45, 2.75) is 66.2 Å². The van der Waals surface area contributed by atoms with Crippen molar-refractivity contribution in [2.24, 2.45) is 0 Å². The Morgan fingerprint density at radius 1 is 1.24 bits per heavy atom. The average Bonchev–Trinajstić information content (AvgIpc) is 2.96. The van der Waals surface area contributed by atoms with Gasteiger partial charge in [-0.15, -0.1) is 0 Å². The van der Waals surface area contributed by atoms with Gasteiger partial charge in [0, 0.05) is 45.9 Å². The van der Waals surface area contributed by atoms with Gasteiger partial charge in [0.05, 0.1) is 5.60 Å². The van der Waals surface area contributed by atoms with Crippen LogP contribution in [-0.2, 0) is 16.1 Å². The number of aromatic nitrogens is 2. The number of carbonyl (C=O) groups is 1. The highest BCUT2D eigenvalue weighted by Gasteiger charge is 2.33. The number of nitrogens with zero attached hydrogens (tertiary/aromatic N) is 3. The van der Waals surface area contributed by atoms with E-state index in [0.29, 0.717) is 29.4 Å². The van der Waals surface area contributed by atoms with E-state index in [9.17, 15) is 9.90 Å². The van der Waals surface area contributed by atoms with Crippen molar-refractivity contribution in [1.82, 2.24) is 9.55 Å². The molecule has 6 nitrogen and oxygen atoms in total. The number of hydrogen-bond donors (Lipinski definition) is 1. The molecule has 3 aromatic rings. The first-order chi connectivity index (χ1) is 15.5. The number of halogens is 1. The Hall–Kier alpha value is -2.88. The summed E-state index contributed by atoms with van der Waals surface area (Å²) in [4.78, 5) is 20.8. The minimum atomic E-state index is -1.18. The number of benzene rings is 1. The summed E-state index contributed by atoms with van der Waals surface area (Å²) in [7, 11) is 0. The summed E-state index contributed by atoms with van der Waals surface area (Å²) in [5, 5.41) is 11.7. The highest BCUT2D eigenvalue weighted by atomic mass is 35.5. The van der Waals surface area contributed by atoms with Crippen LogP contribution in [0.2, 0.25) is 5.02 Å². The molecular formula is C26H30ClN3O3. The molecule has 0 bridgehead atoms. The minimum Gasteiger partial charge on any atom is -0.479 e. The molecule has 7 heteroatoms. The van der Waals surface area contributed by atoms with Gasteiger partial charge in [0.15, 0.2) is 6.10 Å². The smallest absolute Gasteiger partial charge is 0.337 e. The number of aryl methyl sites for hydroxylation is 3. The summed E-state index contributed by atoms with van der Waals surface area (Å²) in [6, 6.07) is 7.41. The fourth-order valence-electron chi connectivity index (χ4n) is 4.20. The lowest BCUT2D eigenvalue weighted by atomic mass is 9.91. The molecule has 2 heterocycles. The lowest BCUT2D eigenvalue weighted by molar-refractivity contribution is -0.160. The first kappa shape index (κ1) is 24.8. The standard InChI is InChI=1S/C26H30ClN3O3/c1-15-17(3)30(14-8-13-28-7)24-20(15)22(18-9-11-19(27)12-10-18)21(16(2)29-24)23(25(31)32)33-26(4,5)6/h9-12,23H,8,13-14H2,1-6H3,(H,31,32)/t23-/m0/s1. The molecular weight excluding hydrogens is 438 g/mol. The lowest BCUT2D eigenvalue weighted by Gasteiger charge is -2.28. The van der Waals surface area contributed by atoms with Crippen molar-refractivity contribution in [3.63, 3.8) is 0 Å². The zero-order valence-electron chi connectivity index (χ0n) is 20.0. The maximum Gasteiger partial charge on any atom is 0.337 e. The van der Waals surface area contributed by atoms with Crippen LogP contribution in [0.5, 0.6) is 0 Å². The van der Waals surface area contributed by atoms with E-state index >= 15 is 0 Å². The van der Waals surface area contributed by atoms with Gasteiger partial charge >= 0.3 is 5.97 Å². The Bertz CT molecular complexity index is 1230. The van der Waals surface area contributed by atoms with Crippen LogP contribution >= 0.6 is 11.6 Å². The van der Waals surface area contributed by atoms with E-state index in [1.807, 2.05) is 53.7 Å². The molecule has 0 unspecified atom stereocenters. The van der Waals surface area contributed by atoms with Crippen LogP contribution in [0.25, 0.3) is 27.0 Å². The van der Waals surface area contributed by atoms with Gasteiger partial charge in [-0.25, -0.2) is 16.4 Å². The SMILES string of the molecule is [C-]#[N+]CCCn1c(C)c(C)c2c(-c3ccc(Cl)cc3)c([C@H](OC(C)(C)C)C(=O)O)c(C)nc21. The molecule has 0 aliphatic carbocycles. The average molecular weight is 468 g/mol. The molecule has 33 heavy (non-hydrogen) atoms. The van der Waals surface area contributed by atoms with Crippen LogP contribution in [0.4, 0.5) is 0 Å². The van der Waals surface area contributed by atoms with Gasteiger partial charge in [0.2, 0.25) is 6.54 Å². The molecule has 0 spiro atoms. The van der Waals surface area contributed by atoms with Crippen LogP contribution in [0.15, 0.2) is 24.3 Å². The summed E-state index contributed by atoms with van der Waals surface area (Å²) in [6.45, 7) is 19.6. The number of fused-ring (bicyclic) bond motifs is 1. The van der Waals surface area contributed by atoms with Gasteiger partial charge in [-0.1, -0.05) is 23.7 Å². The van der Waals surface area contributed by atoms with Crippen molar-refractivity contribution in [1.29, 1.82) is 0 Å². The Morgan fingerprint density at radius 3 is 2.42 bits per heavy atom. The minimum absolute atomic E-state index is 0.444. The van der Waals surface area contributed by atoms with E-state index in [-0.39, 0.29) is 0 Å². The number of carboxylic acids is 1. The molecule has 2 aromatic heterocycles. The highest BCUT2D eigenvalue weighted by Crippen LogP contribution is 2.42. The summed E-state index contributed by atoms with van der Waals surface area (Å²) >= 11 is 6.16. The molecule has 0 aliphatic heterocycles. The Labute approximate surface area is 200 Å². The van der Waals surface area contributed by atoms with Crippen LogP contribution in [-0.4, -0.2) is 32.8 Å². The van der Waals surface area contributed by atoms with Crippen molar-refractivity contribution in [2.75, 3.05) is 6.54 Å². The summed E-state index contributed by atoms with van der Waals surface area (Å²) in [5.41, 5.74) is 5.02. The van der Waals surface area contributed by atoms with Gasteiger partial charge < -0.3 is 19.3 Å². The number of ether oxygens (including phenoxy) is 1. The zero-order valence-corrected chi connectivity index (χ0v) is 20.7. The van der Waals surface area contributed by atoms with Crippen molar-refractivity contribution in [3.8, 4) is 11.1 Å². The van der Waals surface area contributed by atoms with Crippen LogP contribution < -0.4 is 0 Å². The molecule has 3 rings (SSSR count). The number of rotatable bonds is 7. The van der Waals surface area contributed by atoms with E-state index in [1.54, 1.807) is 12.1 Å². The third-order valence-electron chi connectivity index (χ3n) is 5.73. The number of aliphatic carboxylic acids is 1. The van der Waals surface area contributed by atoms with E-state index < -0.39 is 17.7 Å². The second-order valence-electron chi connectivity index (χ2n) is 9.24. The Morgan fingerprint density at radius 2 is 1.88 bits per heavy atom. The summed E-state index contributed by atoms with van der Waals surface area (Å²) in [6.07, 6.45) is -0.463. The Balaban J connectivity index is 2.42. The number of carboxylic acid groups (broad SMARTS) is 1. The Kier molecular flexibility index (Phi) is 7.16. The first-order valence-corrected chi connectivity index (χ1v) is 11.3. The largest absolute Gasteiger partial charge is 0.479 e. The molecule has 0 radical (unpaired) electrons. The molecule has 1 atom stereocenters. The van der Waals surface area contributed by atoms with Crippen molar-refractivity contribution in [3.05, 3.63) is 63.2 Å². The number of pyridine rings is 1. The molecule has 0 aliphatic rings. The second-order valence-corrected chi connectivity index (χ2v) is 9.67. The highest BCUT2D eigenvalue weighted by molar-refractivity contribution is 6.30. The van der Waals surface area contributed by atoms with Gasteiger partial charge in [0.1, 0.15) is 5.65 Å². The molecule has 0 saturated carbocycles. The van der Waals surface area contributed by atoms with E-state index in [0.717, 1.165) is 39.8 Å². The lowest BCUT2D eigenvalue weighted by Crippen LogP contribution is -2.28. The normalized spacial score (nSPS) is 12.7. The molecule has 1 aromatic carbocycles. The fraction of sp³-hybridized carbons (Fsp3) is 0.423. The molecule has 1 N–H and O–H groups in total. The predicted octanol–water partition coefficient (Wildman–Crippen LogP) is 6.53. The van der Waals surface area contributed by atoms with Gasteiger partial charge in [-0.3, -0.25) is 0 Å². The monoisotopic (exact) mass is 467 g/mol. The van der Waals surface area contributed by atoms with Crippen LogP contribution in [0, 0.1) is 27.3 Å². The topological polar surface area (TPSA) is 68.7 Å². The fourth-order valence-corrected chi connectivity index (χ4v) is 4.33. The molecule has 0 fully saturated rings. The first-order valence-electron chi connectivity index (χ1n) is 11.0. The van der Waals surface area contributed by atoms with Gasteiger partial charge in [-0.2, -0.15) is 0 Å². The zero-order chi connectivity index (χ0) is 24.5. The van der Waals surface area contributed by atoms with E-state index in [4.69, 9.17) is 27.9 Å². The van der Waals surface area contributed by atoms with E-state index in [1.165, 1.54) is 0 Å². The number of hydrogen-bond acceptors (Lipinski definition) is 3. The third-order valence-corrected chi connectivity index (χ3v) is 5.98. The van der Waals surface area contributed by atoms with E-state index in [2.05, 4.69) is 9.41 Å². The van der Waals surface area contributed by atoms with Gasteiger partial charge in [-0.05, 0) is 64.8 Å². The van der Waals surface area contributed by atoms with Crippen molar-refractivity contribution >= 4 is 28.6 Å². The van der Waals surface area contributed by atoms with Crippen LogP contribution in [0.3, 0.4) is 0 Å². The maximum absolute atomic E-state index is 12.4. The second kappa shape index (κ2) is 9.54.